The zero-order valence-electron chi connectivity index (χ0n) is 7.54. The van der Waals surface area contributed by atoms with E-state index in [0.717, 1.165) is 10.2 Å². The monoisotopic (exact) mass is 238 g/mol. The van der Waals surface area contributed by atoms with Crippen molar-refractivity contribution >= 4 is 21.6 Å². The number of halogens is 1. The van der Waals surface area contributed by atoms with Gasteiger partial charge in [0.25, 0.3) is 0 Å². The van der Waals surface area contributed by atoms with Gasteiger partial charge in [-0.3, -0.25) is 5.32 Å². The van der Waals surface area contributed by atoms with Crippen LogP contribution in [0.1, 0.15) is 25.7 Å². The van der Waals surface area contributed by atoms with Gasteiger partial charge in [0.05, 0.1) is 11.7 Å². The highest BCUT2D eigenvalue weighted by atomic mass is 79.9. The van der Waals surface area contributed by atoms with Gasteiger partial charge in [-0.05, 0) is 31.0 Å². The second-order valence-electron chi connectivity index (χ2n) is 3.55. The van der Waals surface area contributed by atoms with Crippen LogP contribution in [0.5, 0.6) is 0 Å². The molecule has 1 radical (unpaired) electrons. The van der Waals surface area contributed by atoms with Crippen LogP contribution in [0.15, 0.2) is 28.7 Å². The molecule has 0 spiro atoms. The molecule has 0 heterocycles. The highest BCUT2D eigenvalue weighted by Crippen LogP contribution is 2.23. The lowest BCUT2D eigenvalue weighted by Crippen LogP contribution is -2.12. The Hall–Kier alpha value is -0.500. The minimum absolute atomic E-state index is 0.578. The normalized spacial score (nSPS) is 17.6. The van der Waals surface area contributed by atoms with E-state index in [1.807, 2.05) is 12.1 Å². The molecule has 13 heavy (non-hydrogen) atoms. The van der Waals surface area contributed by atoms with Gasteiger partial charge < -0.3 is 0 Å². The third-order valence-electron chi connectivity index (χ3n) is 2.46. The molecular formula is C11H13BrN. The Labute approximate surface area is 87.7 Å². The van der Waals surface area contributed by atoms with Gasteiger partial charge in [0, 0.05) is 4.47 Å². The summed E-state index contributed by atoms with van der Waals surface area (Å²) >= 11 is 3.45. The van der Waals surface area contributed by atoms with Crippen molar-refractivity contribution in [2.75, 3.05) is 0 Å². The van der Waals surface area contributed by atoms with Crippen molar-refractivity contribution in [3.8, 4) is 0 Å². The predicted molar refractivity (Wildman–Crippen MR) is 58.2 cm³/mol. The average molecular weight is 239 g/mol. The Morgan fingerprint density at radius 3 is 2.69 bits per heavy atom. The Morgan fingerprint density at radius 2 is 2.00 bits per heavy atom. The molecule has 0 N–H and O–H groups in total. The lowest BCUT2D eigenvalue weighted by molar-refractivity contribution is 0.604. The Kier molecular flexibility index (Phi) is 2.89. The zero-order chi connectivity index (χ0) is 9.10. The van der Waals surface area contributed by atoms with Gasteiger partial charge in [0.2, 0.25) is 0 Å². The van der Waals surface area contributed by atoms with Crippen LogP contribution in [0.3, 0.4) is 0 Å². The number of rotatable bonds is 2. The first-order chi connectivity index (χ1) is 6.34. The maximum atomic E-state index is 4.69. The molecule has 0 amide bonds. The van der Waals surface area contributed by atoms with Crippen molar-refractivity contribution in [2.45, 2.75) is 31.7 Å². The summed E-state index contributed by atoms with van der Waals surface area (Å²) in [7, 11) is 0. The molecule has 0 bridgehead atoms. The van der Waals surface area contributed by atoms with Gasteiger partial charge in [-0.15, -0.1) is 0 Å². The summed E-state index contributed by atoms with van der Waals surface area (Å²) in [6, 6.07) is 8.81. The van der Waals surface area contributed by atoms with Crippen LogP contribution in [0.4, 0.5) is 5.69 Å². The maximum Gasteiger partial charge on any atom is 0.0588 e. The highest BCUT2D eigenvalue weighted by Gasteiger charge is 2.15. The smallest absolute Gasteiger partial charge is 0.0588 e. The first-order valence-corrected chi connectivity index (χ1v) is 5.60. The van der Waals surface area contributed by atoms with Crippen LogP contribution in [0, 0.1) is 0 Å². The summed E-state index contributed by atoms with van der Waals surface area (Å²) in [6.45, 7) is 0. The minimum atomic E-state index is 0.578. The van der Waals surface area contributed by atoms with Crippen LogP contribution >= 0.6 is 15.9 Å². The van der Waals surface area contributed by atoms with E-state index in [1.165, 1.54) is 25.7 Å². The Morgan fingerprint density at radius 1 is 1.23 bits per heavy atom. The lowest BCUT2D eigenvalue weighted by Gasteiger charge is -2.09. The van der Waals surface area contributed by atoms with Gasteiger partial charge in [0.15, 0.2) is 0 Å². The van der Waals surface area contributed by atoms with E-state index in [4.69, 9.17) is 0 Å². The van der Waals surface area contributed by atoms with Crippen LogP contribution in [0.25, 0.3) is 0 Å². The molecule has 0 saturated heterocycles. The van der Waals surface area contributed by atoms with E-state index in [-0.39, 0.29) is 0 Å². The van der Waals surface area contributed by atoms with Crippen LogP contribution in [-0.4, -0.2) is 6.04 Å². The van der Waals surface area contributed by atoms with Gasteiger partial charge in [-0.1, -0.05) is 34.8 Å². The molecule has 1 aliphatic rings. The molecule has 1 fully saturated rings. The summed E-state index contributed by atoms with van der Waals surface area (Å²) in [4.78, 5) is 0. The molecule has 1 aromatic rings. The first-order valence-electron chi connectivity index (χ1n) is 4.81. The molecule has 69 valence electrons. The van der Waals surface area contributed by atoms with Crippen LogP contribution < -0.4 is 5.32 Å². The Balaban J connectivity index is 2.00. The van der Waals surface area contributed by atoms with Crippen LogP contribution in [-0.2, 0) is 0 Å². The quantitative estimate of drug-likeness (QED) is 0.748. The summed E-state index contributed by atoms with van der Waals surface area (Å²) in [5, 5.41) is 4.69. The third kappa shape index (κ3) is 2.47. The summed E-state index contributed by atoms with van der Waals surface area (Å²) in [5.74, 6) is 0. The van der Waals surface area contributed by atoms with Gasteiger partial charge >= 0.3 is 0 Å². The molecule has 1 saturated carbocycles. The number of benzene rings is 1. The van der Waals surface area contributed by atoms with Gasteiger partial charge in [-0.25, -0.2) is 0 Å². The molecule has 2 heteroatoms. The van der Waals surface area contributed by atoms with E-state index < -0.39 is 0 Å². The average Bonchev–Trinajstić information content (AvgIpc) is 2.57. The standard InChI is InChI=1S/C11H13BrN/c12-9-4-3-7-11(8-9)13-10-5-1-2-6-10/h3-4,7-8,10H,1-2,5-6H2. The van der Waals surface area contributed by atoms with Crippen LogP contribution in [0.2, 0.25) is 0 Å². The van der Waals surface area contributed by atoms with Crippen molar-refractivity contribution in [3.63, 3.8) is 0 Å². The van der Waals surface area contributed by atoms with Crippen molar-refractivity contribution in [2.24, 2.45) is 0 Å². The van der Waals surface area contributed by atoms with E-state index in [9.17, 15) is 0 Å². The van der Waals surface area contributed by atoms with Crippen molar-refractivity contribution in [1.82, 2.24) is 5.32 Å². The minimum Gasteiger partial charge on any atom is -0.282 e. The second-order valence-corrected chi connectivity index (χ2v) is 4.46. The molecule has 1 aliphatic carbocycles. The van der Waals surface area contributed by atoms with Gasteiger partial charge in [0.1, 0.15) is 0 Å². The fraction of sp³-hybridized carbons (Fsp3) is 0.455. The molecule has 0 aromatic heterocycles. The zero-order valence-corrected chi connectivity index (χ0v) is 9.13. The van der Waals surface area contributed by atoms with Crippen molar-refractivity contribution < 1.29 is 0 Å². The van der Waals surface area contributed by atoms with Gasteiger partial charge in [-0.2, -0.15) is 0 Å². The van der Waals surface area contributed by atoms with Crippen molar-refractivity contribution in [1.29, 1.82) is 0 Å². The van der Waals surface area contributed by atoms with E-state index >= 15 is 0 Å². The highest BCUT2D eigenvalue weighted by molar-refractivity contribution is 9.10. The number of hydrogen-bond acceptors (Lipinski definition) is 0. The lowest BCUT2D eigenvalue weighted by atomic mass is 10.2. The SMILES string of the molecule is Brc1cccc([N]C2CCCC2)c1. The van der Waals surface area contributed by atoms with E-state index in [2.05, 4.69) is 33.4 Å². The maximum absolute atomic E-state index is 4.69. The molecule has 0 aliphatic heterocycles. The fourth-order valence-corrected chi connectivity index (χ4v) is 2.19. The fourth-order valence-electron chi connectivity index (χ4n) is 1.80. The summed E-state index contributed by atoms with van der Waals surface area (Å²) in [6.07, 6.45) is 5.24. The first kappa shape index (κ1) is 9.07. The number of hydrogen-bond donors (Lipinski definition) is 0. The molecular weight excluding hydrogens is 226 g/mol. The number of nitrogens with zero attached hydrogens (tertiary/aromatic N) is 1. The second kappa shape index (κ2) is 4.14. The van der Waals surface area contributed by atoms with E-state index in [1.54, 1.807) is 0 Å². The largest absolute Gasteiger partial charge is 0.282 e. The summed E-state index contributed by atoms with van der Waals surface area (Å²) in [5.41, 5.74) is 1.11. The molecule has 1 nitrogen and oxygen atoms in total. The van der Waals surface area contributed by atoms with Crippen molar-refractivity contribution in [3.05, 3.63) is 28.7 Å². The summed E-state index contributed by atoms with van der Waals surface area (Å²) < 4.78 is 1.12. The third-order valence-corrected chi connectivity index (χ3v) is 2.96. The molecule has 0 unspecified atom stereocenters. The topological polar surface area (TPSA) is 14.1 Å². The Bertz CT molecular complexity index is 279. The van der Waals surface area contributed by atoms with E-state index in [0.29, 0.717) is 6.04 Å². The molecule has 2 rings (SSSR count). The predicted octanol–water partition coefficient (Wildman–Crippen LogP) is 3.63. The molecule has 1 aromatic carbocycles. The molecule has 0 atom stereocenters.